The van der Waals surface area contributed by atoms with E-state index in [4.69, 9.17) is 18.9 Å². The highest BCUT2D eigenvalue weighted by molar-refractivity contribution is 5.69. The van der Waals surface area contributed by atoms with Crippen molar-refractivity contribution in [3.8, 4) is 6.01 Å². The van der Waals surface area contributed by atoms with Gasteiger partial charge >= 0.3 is 11.9 Å². The largest absolute Gasteiger partial charge is 0.468 e. The first kappa shape index (κ1) is 17.0. The van der Waals surface area contributed by atoms with E-state index in [0.29, 0.717) is 0 Å². The second-order valence-corrected chi connectivity index (χ2v) is 5.59. The van der Waals surface area contributed by atoms with Crippen molar-refractivity contribution in [2.24, 2.45) is 0 Å². The molecule has 0 aromatic carbocycles. The summed E-state index contributed by atoms with van der Waals surface area (Å²) in [5.74, 6) is -0.829. The average molecular weight is 354 g/mol. The van der Waals surface area contributed by atoms with Crippen LogP contribution in [0.15, 0.2) is 4.79 Å². The second kappa shape index (κ2) is 6.59. The van der Waals surface area contributed by atoms with E-state index >= 15 is 0 Å². The Kier molecular flexibility index (Phi) is 4.49. The van der Waals surface area contributed by atoms with Crippen LogP contribution in [0.2, 0.25) is 0 Å². The summed E-state index contributed by atoms with van der Waals surface area (Å²) >= 11 is 0. The first-order valence-corrected chi connectivity index (χ1v) is 7.56. The molecule has 3 rings (SSSR count). The molecule has 0 radical (unpaired) electrons. The maximum Gasteiger partial charge on any atom is 0.303 e. The number of H-pyrrole nitrogens is 1. The first-order valence-electron chi connectivity index (χ1n) is 7.56. The number of aromatic nitrogens is 2. The van der Waals surface area contributed by atoms with Gasteiger partial charge in [0.2, 0.25) is 0 Å². The summed E-state index contributed by atoms with van der Waals surface area (Å²) in [5.41, 5.74) is -0.324. The van der Waals surface area contributed by atoms with Crippen LogP contribution >= 0.6 is 0 Å². The number of carbonyl (C=O) groups excluding carboxylic acids is 2. The van der Waals surface area contributed by atoms with Crippen molar-refractivity contribution in [1.82, 2.24) is 9.97 Å². The van der Waals surface area contributed by atoms with Crippen molar-refractivity contribution >= 4 is 23.4 Å². The normalized spacial score (nSPS) is 27.0. The average Bonchev–Trinajstić information content (AvgIpc) is 2.54. The van der Waals surface area contributed by atoms with Crippen LogP contribution in [-0.4, -0.2) is 60.1 Å². The molecular weight excluding hydrogens is 336 g/mol. The first-order chi connectivity index (χ1) is 11.9. The summed E-state index contributed by atoms with van der Waals surface area (Å²) < 4.78 is 21.1. The molecule has 4 atom stereocenters. The highest BCUT2D eigenvalue weighted by atomic mass is 16.6. The Balaban J connectivity index is 1.93. The van der Waals surface area contributed by atoms with Crippen molar-refractivity contribution in [3.05, 3.63) is 10.4 Å². The molecule has 3 heterocycles. The molecule has 2 aliphatic rings. The fraction of sp³-hybridized carbons (Fsp3) is 0.571. The second-order valence-electron chi connectivity index (χ2n) is 5.59. The van der Waals surface area contributed by atoms with Crippen LogP contribution in [0, 0.1) is 0 Å². The van der Waals surface area contributed by atoms with Crippen molar-refractivity contribution in [2.75, 3.05) is 24.4 Å². The predicted octanol–water partition coefficient (Wildman–Crippen LogP) is -0.796. The number of nitrogens with zero attached hydrogens (tertiary/aromatic N) is 1. The molecule has 0 amide bonds. The Morgan fingerprint density at radius 1 is 1.20 bits per heavy atom. The van der Waals surface area contributed by atoms with Crippen molar-refractivity contribution < 1.29 is 28.5 Å². The highest BCUT2D eigenvalue weighted by Gasteiger charge is 2.47. The lowest BCUT2D eigenvalue weighted by atomic mass is 9.98. The summed E-state index contributed by atoms with van der Waals surface area (Å²) in [6.45, 7) is 2.52. The number of carbonyl (C=O) groups is 2. The van der Waals surface area contributed by atoms with E-state index in [0.717, 1.165) is 0 Å². The fourth-order valence-electron chi connectivity index (χ4n) is 2.83. The van der Waals surface area contributed by atoms with E-state index in [1.165, 1.54) is 21.0 Å². The van der Waals surface area contributed by atoms with E-state index in [-0.39, 0.29) is 24.1 Å². The number of hydrogen-bond acceptors (Lipinski definition) is 10. The Hall–Kier alpha value is -2.82. The van der Waals surface area contributed by atoms with Gasteiger partial charge in [0, 0.05) is 13.8 Å². The van der Waals surface area contributed by atoms with E-state index in [1.54, 1.807) is 0 Å². The summed E-state index contributed by atoms with van der Waals surface area (Å²) in [6.07, 6.45) is -2.30. The monoisotopic (exact) mass is 354 g/mol. The van der Waals surface area contributed by atoms with Crippen molar-refractivity contribution in [3.63, 3.8) is 0 Å². The molecule has 0 unspecified atom stereocenters. The van der Waals surface area contributed by atoms with Gasteiger partial charge in [-0.2, -0.15) is 4.98 Å². The zero-order valence-electron chi connectivity index (χ0n) is 13.8. The zero-order chi connectivity index (χ0) is 18.1. The summed E-state index contributed by atoms with van der Waals surface area (Å²) in [7, 11) is 1.38. The molecular formula is C14H18N4O7. The summed E-state index contributed by atoms with van der Waals surface area (Å²) in [5, 5.41) is 5.92. The molecule has 11 heteroatoms. The van der Waals surface area contributed by atoms with Crippen LogP contribution in [0.1, 0.15) is 13.8 Å². The quantitative estimate of drug-likeness (QED) is 0.591. The molecule has 1 fully saturated rings. The van der Waals surface area contributed by atoms with Gasteiger partial charge in [-0.15, -0.1) is 0 Å². The van der Waals surface area contributed by atoms with Crippen LogP contribution in [0.3, 0.4) is 0 Å². The minimum Gasteiger partial charge on any atom is -0.468 e. The molecule has 3 N–H and O–H groups in total. The van der Waals surface area contributed by atoms with Crippen molar-refractivity contribution in [2.45, 2.75) is 38.3 Å². The van der Waals surface area contributed by atoms with Gasteiger partial charge in [0.25, 0.3) is 11.6 Å². The molecule has 0 spiro atoms. The molecule has 1 saturated heterocycles. The van der Waals surface area contributed by atoms with Gasteiger partial charge in [-0.25, -0.2) is 0 Å². The Morgan fingerprint density at radius 2 is 1.92 bits per heavy atom. The Bertz CT molecular complexity index is 749. The molecule has 2 aliphatic heterocycles. The predicted molar refractivity (Wildman–Crippen MR) is 83.3 cm³/mol. The maximum atomic E-state index is 12.2. The number of aromatic amines is 1. The van der Waals surface area contributed by atoms with Crippen LogP contribution in [-0.2, 0) is 23.8 Å². The van der Waals surface area contributed by atoms with E-state index < -0.39 is 42.0 Å². The van der Waals surface area contributed by atoms with Gasteiger partial charge in [-0.05, 0) is 0 Å². The van der Waals surface area contributed by atoms with Crippen molar-refractivity contribution in [1.29, 1.82) is 0 Å². The molecule has 1 aromatic heterocycles. The summed E-state index contributed by atoms with van der Waals surface area (Å²) in [6, 6.07) is -0.618. The van der Waals surface area contributed by atoms with Gasteiger partial charge in [-0.3, -0.25) is 19.4 Å². The summed E-state index contributed by atoms with van der Waals surface area (Å²) in [4.78, 5) is 41.5. The number of hydrogen-bond donors (Lipinski definition) is 3. The number of nitrogens with one attached hydrogen (secondary N) is 3. The zero-order valence-corrected chi connectivity index (χ0v) is 13.8. The van der Waals surface area contributed by atoms with E-state index in [1.807, 2.05) is 0 Å². The third kappa shape index (κ3) is 3.36. The molecule has 1 aromatic rings. The third-order valence-electron chi connectivity index (χ3n) is 3.79. The lowest BCUT2D eigenvalue weighted by Gasteiger charge is -2.44. The minimum absolute atomic E-state index is 0.0169. The molecule has 0 bridgehead atoms. The van der Waals surface area contributed by atoms with Crippen LogP contribution in [0.5, 0.6) is 6.01 Å². The van der Waals surface area contributed by atoms with Gasteiger partial charge in [0.15, 0.2) is 24.3 Å². The van der Waals surface area contributed by atoms with Gasteiger partial charge in [0.05, 0.1) is 13.7 Å². The van der Waals surface area contributed by atoms with Crippen LogP contribution < -0.4 is 20.9 Å². The maximum absolute atomic E-state index is 12.2. The van der Waals surface area contributed by atoms with Gasteiger partial charge in [0.1, 0.15) is 11.7 Å². The molecule has 0 aliphatic carbocycles. The molecule has 11 nitrogen and oxygen atoms in total. The highest BCUT2D eigenvalue weighted by Crippen LogP contribution is 2.31. The Labute approximate surface area is 142 Å². The van der Waals surface area contributed by atoms with Gasteiger partial charge < -0.3 is 29.6 Å². The third-order valence-corrected chi connectivity index (χ3v) is 3.79. The number of methoxy groups -OCH3 is 1. The SMILES string of the molecule is COc1nc2c(c(=O)[nH]1)N[C@H]1[C@@H](OC(C)=O)[C@@H](OC(C)=O)CO[C@H]1N2. The Morgan fingerprint density at radius 3 is 2.56 bits per heavy atom. The number of fused-ring (bicyclic) bond motifs is 2. The lowest BCUT2D eigenvalue weighted by Crippen LogP contribution is -2.63. The topological polar surface area (TPSA) is 141 Å². The van der Waals surface area contributed by atoms with Crippen LogP contribution in [0.25, 0.3) is 0 Å². The molecule has 25 heavy (non-hydrogen) atoms. The number of rotatable bonds is 3. The standard InChI is InChI=1S/C14H18N4O7/c1-5(19)24-7-4-23-13-8(10(7)25-6(2)20)15-9-11(16-13)17-14(22-3)18-12(9)21/h7-8,10,13,15H,4H2,1-3H3,(H2,16,17,18,21)/t7-,8-,10-,13+/m0/s1. The lowest BCUT2D eigenvalue weighted by molar-refractivity contribution is -0.187. The van der Waals surface area contributed by atoms with Crippen LogP contribution in [0.4, 0.5) is 11.5 Å². The number of esters is 2. The number of ether oxygens (including phenoxy) is 4. The van der Waals surface area contributed by atoms with E-state index in [9.17, 15) is 14.4 Å². The molecule has 0 saturated carbocycles. The minimum atomic E-state index is -0.845. The fourth-order valence-corrected chi connectivity index (χ4v) is 2.83. The van der Waals surface area contributed by atoms with E-state index in [2.05, 4.69) is 20.6 Å². The smallest absolute Gasteiger partial charge is 0.303 e. The van der Waals surface area contributed by atoms with Gasteiger partial charge in [-0.1, -0.05) is 0 Å². The molecule has 136 valence electrons. The number of anilines is 2.